The first kappa shape index (κ1) is 16.8. The first-order chi connectivity index (χ1) is 8.88. The molecule has 108 valence electrons. The largest absolute Gasteiger partial charge is 0.315 e. The van der Waals surface area contributed by atoms with Crippen molar-refractivity contribution >= 4 is 43.2 Å². The molecule has 1 atom stereocenters. The number of nitrogens with one attached hydrogen (secondary N) is 2. The smallest absolute Gasteiger partial charge is 0.236 e. The highest BCUT2D eigenvalue weighted by molar-refractivity contribution is 9.10. The molecule has 0 saturated carbocycles. The second-order valence-corrected chi connectivity index (χ2v) is 7.56. The molecular formula is C12H18BrClN2O2S. The summed E-state index contributed by atoms with van der Waals surface area (Å²) < 4.78 is 27.4. The molecule has 7 heteroatoms. The van der Waals surface area contributed by atoms with Gasteiger partial charge in [0, 0.05) is 6.54 Å². The molecule has 4 nitrogen and oxygen atoms in total. The Kier molecular flexibility index (Phi) is 6.59. The van der Waals surface area contributed by atoms with Crippen molar-refractivity contribution in [3.63, 3.8) is 0 Å². The summed E-state index contributed by atoms with van der Waals surface area (Å²) in [4.78, 5) is 0. The summed E-state index contributed by atoms with van der Waals surface area (Å²) in [6, 6.07) is 5.06. The molecule has 0 aromatic heterocycles. The Bertz CT molecular complexity index is 522. The monoisotopic (exact) mass is 368 g/mol. The zero-order valence-corrected chi connectivity index (χ0v) is 14.1. The molecule has 0 heterocycles. The third kappa shape index (κ3) is 4.95. The molecule has 1 aromatic rings. The average molecular weight is 370 g/mol. The molecule has 1 aromatic carbocycles. The molecule has 0 radical (unpaired) electrons. The average Bonchev–Trinajstić information content (AvgIpc) is 2.35. The van der Waals surface area contributed by atoms with Crippen LogP contribution >= 0.6 is 27.5 Å². The second-order valence-electron chi connectivity index (χ2n) is 4.26. The van der Waals surface area contributed by atoms with Crippen LogP contribution in [-0.4, -0.2) is 26.8 Å². The minimum absolute atomic E-state index is 0.418. The van der Waals surface area contributed by atoms with E-state index in [-0.39, 0.29) is 0 Å². The number of hydrogen-bond donors (Lipinski definition) is 2. The summed E-state index contributed by atoms with van der Waals surface area (Å²) in [5, 5.41) is 3.04. The van der Waals surface area contributed by atoms with Gasteiger partial charge in [-0.25, -0.2) is 8.42 Å². The summed E-state index contributed by atoms with van der Waals surface area (Å²) in [5.74, 6) is 0. The van der Waals surface area contributed by atoms with E-state index in [9.17, 15) is 8.42 Å². The Hall–Kier alpha value is -0.300. The van der Waals surface area contributed by atoms with Crippen LogP contribution in [0.2, 0.25) is 5.02 Å². The minimum Gasteiger partial charge on any atom is -0.315 e. The van der Waals surface area contributed by atoms with Crippen LogP contribution in [0.4, 0.5) is 5.69 Å². The van der Waals surface area contributed by atoms with Crippen LogP contribution < -0.4 is 10.0 Å². The second kappa shape index (κ2) is 7.47. The lowest BCUT2D eigenvalue weighted by atomic mass is 10.3. The highest BCUT2D eigenvalue weighted by Crippen LogP contribution is 2.30. The molecule has 1 unspecified atom stereocenters. The Morgan fingerprint density at radius 3 is 2.74 bits per heavy atom. The summed E-state index contributed by atoms with van der Waals surface area (Å²) in [5.41, 5.74) is 0.454. The summed E-state index contributed by atoms with van der Waals surface area (Å²) >= 11 is 9.20. The first-order valence-corrected chi connectivity index (χ1v) is 8.76. The van der Waals surface area contributed by atoms with Crippen LogP contribution in [0, 0.1) is 0 Å². The van der Waals surface area contributed by atoms with Crippen molar-refractivity contribution in [2.24, 2.45) is 0 Å². The fourth-order valence-corrected chi connectivity index (χ4v) is 3.11. The third-order valence-corrected chi connectivity index (χ3v) is 5.72. The highest BCUT2D eigenvalue weighted by Gasteiger charge is 2.21. The number of rotatable bonds is 7. The molecule has 0 saturated heterocycles. The van der Waals surface area contributed by atoms with E-state index in [1.807, 2.05) is 6.92 Å². The van der Waals surface area contributed by atoms with Gasteiger partial charge in [-0.3, -0.25) is 4.72 Å². The van der Waals surface area contributed by atoms with E-state index < -0.39 is 15.3 Å². The van der Waals surface area contributed by atoms with E-state index in [0.717, 1.165) is 13.0 Å². The van der Waals surface area contributed by atoms with E-state index >= 15 is 0 Å². The molecule has 0 aliphatic rings. The molecule has 19 heavy (non-hydrogen) atoms. The molecule has 0 spiro atoms. The number of anilines is 1. The Morgan fingerprint density at radius 1 is 1.42 bits per heavy atom. The van der Waals surface area contributed by atoms with Gasteiger partial charge >= 0.3 is 0 Å². The Labute approximate surface area is 128 Å². The van der Waals surface area contributed by atoms with Crippen molar-refractivity contribution in [3.05, 3.63) is 27.7 Å². The van der Waals surface area contributed by atoms with E-state index in [0.29, 0.717) is 21.7 Å². The van der Waals surface area contributed by atoms with E-state index in [1.54, 1.807) is 25.1 Å². The van der Waals surface area contributed by atoms with E-state index in [4.69, 9.17) is 11.6 Å². The maximum Gasteiger partial charge on any atom is 0.236 e. The van der Waals surface area contributed by atoms with Crippen LogP contribution in [-0.2, 0) is 10.0 Å². The topological polar surface area (TPSA) is 58.2 Å². The van der Waals surface area contributed by atoms with Crippen LogP contribution in [0.5, 0.6) is 0 Å². The lowest BCUT2D eigenvalue weighted by molar-refractivity contribution is 0.576. The molecule has 0 aliphatic heterocycles. The molecular weight excluding hydrogens is 352 g/mol. The van der Waals surface area contributed by atoms with Gasteiger partial charge in [0.05, 0.1) is 20.4 Å². The van der Waals surface area contributed by atoms with Gasteiger partial charge in [0.25, 0.3) is 0 Å². The quantitative estimate of drug-likeness (QED) is 0.725. The third-order valence-electron chi connectivity index (χ3n) is 2.59. The van der Waals surface area contributed by atoms with E-state index in [2.05, 4.69) is 26.0 Å². The van der Waals surface area contributed by atoms with Crippen molar-refractivity contribution in [2.75, 3.05) is 17.8 Å². The molecule has 0 amide bonds. The maximum absolute atomic E-state index is 12.1. The molecule has 2 N–H and O–H groups in total. The Morgan fingerprint density at radius 2 is 2.11 bits per heavy atom. The lowest BCUT2D eigenvalue weighted by Crippen LogP contribution is -2.35. The number of sulfonamides is 1. The fourth-order valence-electron chi connectivity index (χ4n) is 1.43. The van der Waals surface area contributed by atoms with Crippen LogP contribution in [0.15, 0.2) is 22.7 Å². The number of halogens is 2. The van der Waals surface area contributed by atoms with Gasteiger partial charge in [0.15, 0.2) is 0 Å². The summed E-state index contributed by atoms with van der Waals surface area (Å²) in [7, 11) is -3.43. The van der Waals surface area contributed by atoms with Crippen LogP contribution in [0.25, 0.3) is 0 Å². The van der Waals surface area contributed by atoms with Crippen LogP contribution in [0.1, 0.15) is 20.3 Å². The number of benzene rings is 1. The summed E-state index contributed by atoms with van der Waals surface area (Å²) in [6.45, 7) is 4.93. The standard InChI is InChI=1S/C12H18BrClN2O2S/c1-3-7-15-8-9(2)19(17,18)16-11-6-4-5-10(14)12(11)13/h4-6,9,15-16H,3,7-8H2,1-2H3. The van der Waals surface area contributed by atoms with Gasteiger partial charge < -0.3 is 5.32 Å². The van der Waals surface area contributed by atoms with E-state index in [1.165, 1.54) is 0 Å². The van der Waals surface area contributed by atoms with Gasteiger partial charge in [0.2, 0.25) is 10.0 Å². The lowest BCUT2D eigenvalue weighted by Gasteiger charge is -2.16. The first-order valence-electron chi connectivity index (χ1n) is 6.04. The van der Waals surface area contributed by atoms with Crippen molar-refractivity contribution in [1.29, 1.82) is 0 Å². The predicted octanol–water partition coefficient (Wildman–Crippen LogP) is 3.23. The maximum atomic E-state index is 12.1. The SMILES string of the molecule is CCCNCC(C)S(=O)(=O)Nc1cccc(Cl)c1Br. The van der Waals surface area contributed by atoms with Crippen molar-refractivity contribution in [1.82, 2.24) is 5.32 Å². The molecule has 0 aliphatic carbocycles. The highest BCUT2D eigenvalue weighted by atomic mass is 79.9. The Balaban J connectivity index is 2.76. The van der Waals surface area contributed by atoms with Crippen LogP contribution in [0.3, 0.4) is 0 Å². The zero-order chi connectivity index (χ0) is 14.5. The van der Waals surface area contributed by atoms with Gasteiger partial charge in [0.1, 0.15) is 0 Å². The van der Waals surface area contributed by atoms with Gasteiger partial charge in [-0.15, -0.1) is 0 Å². The number of hydrogen-bond acceptors (Lipinski definition) is 3. The van der Waals surface area contributed by atoms with Gasteiger partial charge in [-0.2, -0.15) is 0 Å². The zero-order valence-electron chi connectivity index (χ0n) is 10.9. The predicted molar refractivity (Wildman–Crippen MR) is 84.3 cm³/mol. The van der Waals surface area contributed by atoms with Crippen molar-refractivity contribution in [2.45, 2.75) is 25.5 Å². The fraction of sp³-hybridized carbons (Fsp3) is 0.500. The van der Waals surface area contributed by atoms with Crippen molar-refractivity contribution in [3.8, 4) is 0 Å². The van der Waals surface area contributed by atoms with Crippen molar-refractivity contribution < 1.29 is 8.42 Å². The normalized spacial score (nSPS) is 13.3. The molecule has 0 fully saturated rings. The van der Waals surface area contributed by atoms with Gasteiger partial charge in [-0.05, 0) is 48.0 Å². The van der Waals surface area contributed by atoms with Gasteiger partial charge in [-0.1, -0.05) is 24.6 Å². The minimum atomic E-state index is -3.43. The molecule has 0 bridgehead atoms. The summed E-state index contributed by atoms with van der Waals surface area (Å²) in [6.07, 6.45) is 0.972. The molecule has 1 rings (SSSR count).